The van der Waals surface area contributed by atoms with E-state index in [4.69, 9.17) is 9.47 Å². The number of aliphatic hydroxyl groups excluding tert-OH is 1. The van der Waals surface area contributed by atoms with E-state index in [1.807, 2.05) is 13.8 Å². The van der Waals surface area contributed by atoms with Gasteiger partial charge < -0.3 is 19.7 Å². The van der Waals surface area contributed by atoms with Crippen LogP contribution in [0.25, 0.3) is 0 Å². The first-order valence-electron chi connectivity index (χ1n) is 10.4. The molecule has 6 rings (SSSR count). The Balaban J connectivity index is 1.75. The Bertz CT molecular complexity index is 861. The van der Waals surface area contributed by atoms with Crippen LogP contribution in [0.3, 0.4) is 0 Å². The molecule has 0 amide bonds. The second kappa shape index (κ2) is 5.37. The minimum atomic E-state index is -1.39. The smallest absolute Gasteiger partial charge is 0.303 e. The van der Waals surface area contributed by atoms with Crippen LogP contribution in [-0.2, 0) is 23.9 Å². The molecule has 2 aliphatic heterocycles. The molecular formula is C22H28O7. The van der Waals surface area contributed by atoms with Gasteiger partial charge in [-0.1, -0.05) is 20.4 Å². The van der Waals surface area contributed by atoms with Gasteiger partial charge in [0.05, 0.1) is 29.1 Å². The number of carbonyl (C=O) groups excluding carboxylic acids is 3. The number of Topliss-reactive ketones (excluding diaryl/α,β-unsaturated/α-hetero) is 2. The van der Waals surface area contributed by atoms with Crippen molar-refractivity contribution >= 4 is 17.5 Å². The maximum absolute atomic E-state index is 13.8. The maximum atomic E-state index is 13.8. The van der Waals surface area contributed by atoms with Gasteiger partial charge in [0.15, 0.2) is 5.78 Å². The van der Waals surface area contributed by atoms with Gasteiger partial charge >= 0.3 is 5.97 Å². The third kappa shape index (κ3) is 1.93. The van der Waals surface area contributed by atoms with Gasteiger partial charge in [0.1, 0.15) is 18.0 Å². The third-order valence-electron chi connectivity index (χ3n) is 8.98. The predicted molar refractivity (Wildman–Crippen MR) is 99.5 cm³/mol. The molecular weight excluding hydrogens is 376 g/mol. The number of carbonyl (C=O) groups is 3. The van der Waals surface area contributed by atoms with Crippen molar-refractivity contribution in [2.45, 2.75) is 70.4 Å². The number of rotatable bonds is 1. The second-order valence-corrected chi connectivity index (χ2v) is 10.4. The molecule has 0 aromatic rings. The molecule has 2 saturated heterocycles. The molecule has 2 heterocycles. The van der Waals surface area contributed by atoms with Crippen LogP contribution in [-0.4, -0.2) is 58.3 Å². The van der Waals surface area contributed by atoms with Crippen molar-refractivity contribution in [3.8, 4) is 0 Å². The van der Waals surface area contributed by atoms with Crippen molar-refractivity contribution in [3.63, 3.8) is 0 Å². The lowest BCUT2D eigenvalue weighted by atomic mass is 9.37. The molecule has 4 saturated carbocycles. The van der Waals surface area contributed by atoms with Crippen molar-refractivity contribution in [1.29, 1.82) is 0 Å². The third-order valence-corrected chi connectivity index (χ3v) is 8.98. The number of fused-ring (bicyclic) bond motifs is 3. The quantitative estimate of drug-likeness (QED) is 0.495. The van der Waals surface area contributed by atoms with E-state index >= 15 is 0 Å². The number of ether oxygens (including phenoxy) is 2. The number of esters is 1. The second-order valence-electron chi connectivity index (χ2n) is 10.4. The number of hydrogen-bond acceptors (Lipinski definition) is 7. The van der Waals surface area contributed by atoms with E-state index in [0.717, 1.165) is 0 Å². The van der Waals surface area contributed by atoms with E-state index in [0.29, 0.717) is 18.4 Å². The summed E-state index contributed by atoms with van der Waals surface area (Å²) >= 11 is 0. The van der Waals surface area contributed by atoms with Crippen molar-refractivity contribution < 1.29 is 34.1 Å². The molecule has 0 unspecified atom stereocenters. The molecule has 2 spiro atoms. The summed E-state index contributed by atoms with van der Waals surface area (Å²) in [4.78, 5) is 39.2. The lowest BCUT2D eigenvalue weighted by Crippen LogP contribution is -2.77. The summed E-state index contributed by atoms with van der Waals surface area (Å²) in [5.41, 5.74) is -3.99. The van der Waals surface area contributed by atoms with Crippen LogP contribution < -0.4 is 0 Å². The molecule has 7 nitrogen and oxygen atoms in total. The molecule has 6 fully saturated rings. The summed E-state index contributed by atoms with van der Waals surface area (Å²) in [6, 6.07) is 0. The van der Waals surface area contributed by atoms with Crippen LogP contribution in [0, 0.1) is 28.1 Å². The van der Waals surface area contributed by atoms with Gasteiger partial charge in [0.2, 0.25) is 0 Å². The normalized spacial score (nSPS) is 52.2. The first-order valence-corrected chi connectivity index (χ1v) is 10.4. The molecule has 29 heavy (non-hydrogen) atoms. The Morgan fingerprint density at radius 3 is 2.59 bits per heavy atom. The van der Waals surface area contributed by atoms with Crippen LogP contribution in [0.1, 0.15) is 46.5 Å². The fraction of sp³-hybridized carbons (Fsp3) is 0.773. The van der Waals surface area contributed by atoms with Gasteiger partial charge in [-0.25, -0.2) is 0 Å². The summed E-state index contributed by atoms with van der Waals surface area (Å²) < 4.78 is 11.7. The summed E-state index contributed by atoms with van der Waals surface area (Å²) in [6.45, 7) is 9.29. The van der Waals surface area contributed by atoms with E-state index < -0.39 is 57.6 Å². The van der Waals surface area contributed by atoms with E-state index in [-0.39, 0.29) is 31.3 Å². The fourth-order valence-corrected chi connectivity index (χ4v) is 7.86. The highest BCUT2D eigenvalue weighted by Gasteiger charge is 2.81. The van der Waals surface area contributed by atoms with Crippen molar-refractivity contribution in [2.24, 2.45) is 28.1 Å². The van der Waals surface area contributed by atoms with Crippen molar-refractivity contribution in [3.05, 3.63) is 12.2 Å². The Morgan fingerprint density at radius 2 is 1.97 bits per heavy atom. The maximum Gasteiger partial charge on any atom is 0.303 e. The van der Waals surface area contributed by atoms with Gasteiger partial charge in [-0.3, -0.25) is 14.4 Å². The molecule has 158 valence electrons. The number of hydrogen-bond donors (Lipinski definition) is 2. The van der Waals surface area contributed by atoms with Crippen molar-refractivity contribution in [2.75, 3.05) is 6.61 Å². The van der Waals surface area contributed by atoms with E-state index in [9.17, 15) is 24.6 Å². The lowest BCUT2D eigenvalue weighted by Gasteiger charge is -2.68. The van der Waals surface area contributed by atoms with E-state index in [2.05, 4.69) is 6.58 Å². The van der Waals surface area contributed by atoms with Gasteiger partial charge in [-0.05, 0) is 36.2 Å². The van der Waals surface area contributed by atoms with Gasteiger partial charge in [0.25, 0.3) is 0 Å². The molecule has 0 aromatic heterocycles. The average Bonchev–Trinajstić information content (AvgIpc) is 2.79. The number of aliphatic hydroxyl groups is 2. The first-order chi connectivity index (χ1) is 13.4. The highest BCUT2D eigenvalue weighted by atomic mass is 16.5. The average molecular weight is 404 g/mol. The summed E-state index contributed by atoms with van der Waals surface area (Å²) in [5, 5.41) is 22.5. The minimum absolute atomic E-state index is 0.0125. The highest BCUT2D eigenvalue weighted by molar-refractivity contribution is 5.99. The zero-order valence-electron chi connectivity index (χ0n) is 17.1. The lowest BCUT2D eigenvalue weighted by molar-refractivity contribution is -0.277. The van der Waals surface area contributed by atoms with Crippen LogP contribution in [0.15, 0.2) is 12.2 Å². The van der Waals surface area contributed by atoms with Crippen LogP contribution in [0.2, 0.25) is 0 Å². The molecule has 4 bridgehead atoms. The highest BCUT2D eigenvalue weighted by Crippen LogP contribution is 2.73. The monoisotopic (exact) mass is 404 g/mol. The minimum Gasteiger partial charge on any atom is -0.457 e. The summed E-state index contributed by atoms with van der Waals surface area (Å²) in [6.07, 6.45) is -1.75. The summed E-state index contributed by atoms with van der Waals surface area (Å²) in [7, 11) is 0. The van der Waals surface area contributed by atoms with Crippen LogP contribution >= 0.6 is 0 Å². The molecule has 4 aliphatic carbocycles. The Labute approximate surface area is 169 Å². The van der Waals surface area contributed by atoms with Crippen molar-refractivity contribution in [1.82, 2.24) is 0 Å². The van der Waals surface area contributed by atoms with Crippen LogP contribution in [0.5, 0.6) is 0 Å². The molecule has 0 radical (unpaired) electrons. The molecule has 8 atom stereocenters. The van der Waals surface area contributed by atoms with E-state index in [1.165, 1.54) is 6.92 Å². The molecule has 2 N–H and O–H groups in total. The Kier molecular flexibility index (Phi) is 3.59. The first kappa shape index (κ1) is 19.4. The van der Waals surface area contributed by atoms with Crippen LogP contribution in [0.4, 0.5) is 0 Å². The van der Waals surface area contributed by atoms with Gasteiger partial charge in [-0.2, -0.15) is 0 Å². The predicted octanol–water partition coefficient (Wildman–Crippen LogP) is 0.949. The summed E-state index contributed by atoms with van der Waals surface area (Å²) in [5.74, 6) is -2.05. The molecule has 7 heteroatoms. The molecule has 6 aliphatic rings. The number of ketones is 2. The molecule has 0 aromatic carbocycles. The van der Waals surface area contributed by atoms with Gasteiger partial charge in [0, 0.05) is 19.3 Å². The largest absolute Gasteiger partial charge is 0.457 e. The zero-order chi connectivity index (χ0) is 21.1. The SMILES string of the molecule is C=C1[C@@H](OC(C)=O)[C@]23C[C@@]1(O)CC[C@H]2[C@]12CO[C@H](CC1=O)C(C)(C)[C@H]2[C@H](O)C3=O. The van der Waals surface area contributed by atoms with Gasteiger partial charge in [-0.15, -0.1) is 0 Å². The van der Waals surface area contributed by atoms with E-state index in [1.54, 1.807) is 0 Å². The Hall–Kier alpha value is -1.57. The topological polar surface area (TPSA) is 110 Å². The zero-order valence-corrected chi connectivity index (χ0v) is 17.1. The Morgan fingerprint density at radius 1 is 1.28 bits per heavy atom. The standard InChI is InChI=1S/C22H28O7/c1-10-18(29-11(2)23)21-8-20(10,27)6-5-12(21)22-9-28-14(7-13(22)24)19(3,4)16(22)15(25)17(21)26/h12,14-16,18,25,27H,1,5-9H2,2-4H3/t12-,14-,15+,16-,18-,20+,21-,22-/m1/s1. The fourth-order valence-electron chi connectivity index (χ4n) is 7.86.